The van der Waals surface area contributed by atoms with Crippen molar-refractivity contribution in [2.75, 3.05) is 26.2 Å². The van der Waals surface area contributed by atoms with Crippen molar-refractivity contribution in [3.05, 3.63) is 17.5 Å². The van der Waals surface area contributed by atoms with Gasteiger partial charge >= 0.3 is 0 Å². The highest BCUT2D eigenvalue weighted by Gasteiger charge is 2.21. The van der Waals surface area contributed by atoms with Crippen molar-refractivity contribution in [3.8, 4) is 0 Å². The number of aromatic nitrogens is 2. The van der Waals surface area contributed by atoms with Gasteiger partial charge in [0.25, 0.3) is 5.91 Å². The predicted molar refractivity (Wildman–Crippen MR) is 85.9 cm³/mol. The molecule has 1 fully saturated rings. The summed E-state index contributed by atoms with van der Waals surface area (Å²) in [5, 5.41) is 16.7. The van der Waals surface area contributed by atoms with Crippen molar-refractivity contribution >= 4 is 5.91 Å². The molecule has 2 heterocycles. The van der Waals surface area contributed by atoms with Gasteiger partial charge in [-0.25, -0.2) is 0 Å². The zero-order valence-electron chi connectivity index (χ0n) is 13.7. The maximum Gasteiger partial charge on any atom is 0.254 e. The van der Waals surface area contributed by atoms with E-state index in [9.17, 15) is 9.90 Å². The fraction of sp³-hybridized carbons (Fsp3) is 0.750. The molecule has 1 aliphatic heterocycles. The van der Waals surface area contributed by atoms with Crippen LogP contribution in [0.5, 0.6) is 0 Å². The molecule has 1 aromatic rings. The standard InChI is InChI=1S/C16H28N4O2/c1-3-8-20-11-15(13(2)18-20)16(22)17-7-10-19-9-5-4-6-14(19)12-21/h11,14,21H,3-10,12H2,1-2H3,(H,17,22). The lowest BCUT2D eigenvalue weighted by molar-refractivity contribution is 0.0849. The fourth-order valence-electron chi connectivity index (χ4n) is 3.05. The van der Waals surface area contributed by atoms with Crippen molar-refractivity contribution in [3.63, 3.8) is 0 Å². The monoisotopic (exact) mass is 308 g/mol. The molecule has 2 N–H and O–H groups in total. The van der Waals surface area contributed by atoms with Gasteiger partial charge in [-0.15, -0.1) is 0 Å². The first-order valence-corrected chi connectivity index (χ1v) is 8.32. The lowest BCUT2D eigenvalue weighted by Gasteiger charge is -2.34. The number of nitrogens with one attached hydrogen (secondary N) is 1. The van der Waals surface area contributed by atoms with Gasteiger partial charge in [0.1, 0.15) is 0 Å². The van der Waals surface area contributed by atoms with Crippen molar-refractivity contribution in [1.82, 2.24) is 20.0 Å². The number of piperidine rings is 1. The van der Waals surface area contributed by atoms with Crippen LogP contribution in [0, 0.1) is 6.92 Å². The molecule has 1 aliphatic rings. The molecule has 1 atom stereocenters. The van der Waals surface area contributed by atoms with Gasteiger partial charge in [-0.1, -0.05) is 13.3 Å². The molecule has 0 saturated carbocycles. The first kappa shape index (κ1) is 17.0. The highest BCUT2D eigenvalue weighted by molar-refractivity contribution is 5.94. The molecular formula is C16H28N4O2. The number of aryl methyl sites for hydroxylation is 2. The van der Waals surface area contributed by atoms with Crippen molar-refractivity contribution in [1.29, 1.82) is 0 Å². The summed E-state index contributed by atoms with van der Waals surface area (Å²) in [6.45, 7) is 7.40. The van der Waals surface area contributed by atoms with E-state index in [1.165, 1.54) is 12.8 Å². The predicted octanol–water partition coefficient (Wildman–Crippen LogP) is 1.18. The van der Waals surface area contributed by atoms with Gasteiger partial charge in [0.2, 0.25) is 0 Å². The molecule has 6 nitrogen and oxygen atoms in total. The summed E-state index contributed by atoms with van der Waals surface area (Å²) >= 11 is 0. The minimum atomic E-state index is -0.0580. The molecule has 1 aromatic heterocycles. The fourth-order valence-corrected chi connectivity index (χ4v) is 3.05. The second-order valence-corrected chi connectivity index (χ2v) is 6.02. The van der Waals surface area contributed by atoms with Crippen LogP contribution in [0.3, 0.4) is 0 Å². The quantitative estimate of drug-likeness (QED) is 0.793. The van der Waals surface area contributed by atoms with Gasteiger partial charge in [0.15, 0.2) is 0 Å². The average Bonchev–Trinajstić information content (AvgIpc) is 2.89. The van der Waals surface area contributed by atoms with E-state index in [4.69, 9.17) is 0 Å². The third kappa shape index (κ3) is 4.30. The molecule has 1 saturated heterocycles. The maximum absolute atomic E-state index is 12.2. The first-order valence-electron chi connectivity index (χ1n) is 8.32. The zero-order valence-corrected chi connectivity index (χ0v) is 13.7. The van der Waals surface area contributed by atoms with Crippen LogP contribution in [0.15, 0.2) is 6.20 Å². The number of hydrogen-bond acceptors (Lipinski definition) is 4. The average molecular weight is 308 g/mol. The molecule has 0 aromatic carbocycles. The molecule has 1 amide bonds. The van der Waals surface area contributed by atoms with E-state index in [1.807, 2.05) is 17.8 Å². The number of nitrogens with zero attached hydrogens (tertiary/aromatic N) is 3. The Hall–Kier alpha value is -1.40. The molecule has 6 heteroatoms. The number of carbonyl (C=O) groups excluding carboxylic acids is 1. The summed E-state index contributed by atoms with van der Waals surface area (Å²) in [6, 6.07) is 0.250. The van der Waals surface area contributed by atoms with E-state index in [0.717, 1.165) is 38.2 Å². The second-order valence-electron chi connectivity index (χ2n) is 6.02. The van der Waals surface area contributed by atoms with E-state index >= 15 is 0 Å². The molecule has 1 unspecified atom stereocenters. The van der Waals surface area contributed by atoms with Crippen LogP contribution < -0.4 is 5.32 Å². The molecular weight excluding hydrogens is 280 g/mol. The van der Waals surface area contributed by atoms with Gasteiger partial charge in [-0.05, 0) is 32.7 Å². The Morgan fingerprint density at radius 1 is 1.45 bits per heavy atom. The number of carbonyl (C=O) groups is 1. The molecule has 0 bridgehead atoms. The number of amides is 1. The van der Waals surface area contributed by atoms with Crippen molar-refractivity contribution < 1.29 is 9.90 Å². The first-order chi connectivity index (χ1) is 10.7. The number of aliphatic hydroxyl groups is 1. The van der Waals surface area contributed by atoms with Crippen LogP contribution in [-0.4, -0.2) is 58.0 Å². The number of aliphatic hydroxyl groups excluding tert-OH is 1. The summed E-state index contributed by atoms with van der Waals surface area (Å²) in [7, 11) is 0. The Labute approximate surface area is 132 Å². The summed E-state index contributed by atoms with van der Waals surface area (Å²) in [6.07, 6.45) is 6.23. The Morgan fingerprint density at radius 3 is 3.00 bits per heavy atom. The van der Waals surface area contributed by atoms with E-state index < -0.39 is 0 Å². The smallest absolute Gasteiger partial charge is 0.254 e. The number of likely N-dealkylation sites (tertiary alicyclic amines) is 1. The Morgan fingerprint density at radius 2 is 2.27 bits per heavy atom. The van der Waals surface area contributed by atoms with Crippen LogP contribution >= 0.6 is 0 Å². The largest absolute Gasteiger partial charge is 0.395 e. The second kappa shape index (κ2) is 8.29. The normalized spacial score (nSPS) is 19.3. The van der Waals surface area contributed by atoms with Gasteiger partial charge < -0.3 is 10.4 Å². The summed E-state index contributed by atoms with van der Waals surface area (Å²) in [4.78, 5) is 14.5. The highest BCUT2D eigenvalue weighted by Crippen LogP contribution is 2.15. The Balaban J connectivity index is 1.82. The van der Waals surface area contributed by atoms with Crippen LogP contribution in [0.1, 0.15) is 48.7 Å². The molecule has 2 rings (SSSR count). The minimum absolute atomic E-state index is 0.0580. The zero-order chi connectivity index (χ0) is 15.9. The Kier molecular flexibility index (Phi) is 6.39. The van der Waals surface area contributed by atoms with E-state index in [1.54, 1.807) is 0 Å². The lowest BCUT2D eigenvalue weighted by Crippen LogP contribution is -2.45. The maximum atomic E-state index is 12.2. The molecule has 124 valence electrons. The molecule has 0 radical (unpaired) electrons. The SMILES string of the molecule is CCCn1cc(C(=O)NCCN2CCCCC2CO)c(C)n1. The van der Waals surface area contributed by atoms with Crippen LogP contribution in [0.4, 0.5) is 0 Å². The van der Waals surface area contributed by atoms with E-state index in [0.29, 0.717) is 12.1 Å². The Bertz CT molecular complexity index is 486. The summed E-state index contributed by atoms with van der Waals surface area (Å²) in [5.41, 5.74) is 1.43. The summed E-state index contributed by atoms with van der Waals surface area (Å²) in [5.74, 6) is -0.0580. The third-order valence-corrected chi connectivity index (χ3v) is 4.29. The number of hydrogen-bond donors (Lipinski definition) is 2. The minimum Gasteiger partial charge on any atom is -0.395 e. The van der Waals surface area contributed by atoms with Crippen molar-refractivity contribution in [2.24, 2.45) is 0 Å². The van der Waals surface area contributed by atoms with E-state index in [2.05, 4.69) is 22.2 Å². The van der Waals surface area contributed by atoms with Crippen molar-refractivity contribution in [2.45, 2.75) is 52.1 Å². The molecule has 22 heavy (non-hydrogen) atoms. The van der Waals surface area contributed by atoms with Crippen LogP contribution in [-0.2, 0) is 6.54 Å². The van der Waals surface area contributed by atoms with E-state index in [-0.39, 0.29) is 18.6 Å². The number of rotatable bonds is 7. The van der Waals surface area contributed by atoms with Gasteiger partial charge in [0.05, 0.1) is 17.9 Å². The van der Waals surface area contributed by atoms with Crippen LogP contribution in [0.2, 0.25) is 0 Å². The van der Waals surface area contributed by atoms with Gasteiger partial charge in [0, 0.05) is 31.9 Å². The topological polar surface area (TPSA) is 70.4 Å². The summed E-state index contributed by atoms with van der Waals surface area (Å²) < 4.78 is 1.83. The van der Waals surface area contributed by atoms with Gasteiger partial charge in [-0.2, -0.15) is 5.10 Å². The third-order valence-electron chi connectivity index (χ3n) is 4.29. The highest BCUT2D eigenvalue weighted by atomic mass is 16.3. The molecule has 0 spiro atoms. The lowest BCUT2D eigenvalue weighted by atomic mass is 10.0. The van der Waals surface area contributed by atoms with Crippen LogP contribution in [0.25, 0.3) is 0 Å². The van der Waals surface area contributed by atoms with Gasteiger partial charge in [-0.3, -0.25) is 14.4 Å². The molecule has 0 aliphatic carbocycles.